The Kier molecular flexibility index (Phi) is 3.61. The van der Waals surface area contributed by atoms with E-state index in [2.05, 4.69) is 18.7 Å². The van der Waals surface area contributed by atoms with E-state index in [9.17, 15) is 0 Å². The number of quaternary nitrogens is 1. The van der Waals surface area contributed by atoms with Crippen LogP contribution in [-0.2, 0) is 0 Å². The van der Waals surface area contributed by atoms with Crippen molar-refractivity contribution in [2.75, 3.05) is 13.2 Å². The number of rotatable bonds is 4. The van der Waals surface area contributed by atoms with E-state index in [0.717, 1.165) is 25.3 Å². The Balaban J connectivity index is 2.46. The van der Waals surface area contributed by atoms with Crippen molar-refractivity contribution in [1.82, 2.24) is 0 Å². The molecule has 0 fully saturated rings. The van der Waals surface area contributed by atoms with Crippen molar-refractivity contribution in [1.29, 1.82) is 0 Å². The highest BCUT2D eigenvalue weighted by molar-refractivity contribution is 5.31. The monoisotopic (exact) mass is 166 g/mol. The molecule has 2 heteroatoms. The van der Waals surface area contributed by atoms with Crippen LogP contribution in [0.25, 0.3) is 0 Å². The van der Waals surface area contributed by atoms with E-state index in [4.69, 9.17) is 4.74 Å². The Labute approximate surface area is 73.3 Å². The summed E-state index contributed by atoms with van der Waals surface area (Å²) in [5.41, 5.74) is 4.96. The Morgan fingerprint density at radius 1 is 1.33 bits per heavy atom. The zero-order valence-corrected chi connectivity index (χ0v) is 7.55. The van der Waals surface area contributed by atoms with Crippen molar-refractivity contribution in [2.24, 2.45) is 0 Å². The van der Waals surface area contributed by atoms with Crippen molar-refractivity contribution in [2.45, 2.75) is 13.3 Å². The molecule has 0 radical (unpaired) electrons. The molecule has 2 nitrogen and oxygen atoms in total. The predicted octanol–water partition coefficient (Wildman–Crippen LogP) is 1.01. The van der Waals surface area contributed by atoms with Gasteiger partial charge in [-0.2, -0.15) is 0 Å². The molecule has 0 saturated heterocycles. The quantitative estimate of drug-likeness (QED) is 0.666. The van der Waals surface area contributed by atoms with Gasteiger partial charge in [-0.1, -0.05) is 18.2 Å². The lowest BCUT2D eigenvalue weighted by Crippen LogP contribution is -2.50. The minimum absolute atomic E-state index is 0.772. The fraction of sp³-hybridized carbons (Fsp3) is 0.400. The molecule has 3 N–H and O–H groups in total. The third-order valence-corrected chi connectivity index (χ3v) is 1.75. The van der Waals surface area contributed by atoms with Crippen LogP contribution in [-0.4, -0.2) is 13.2 Å². The van der Waals surface area contributed by atoms with Gasteiger partial charge in [0.1, 0.15) is 5.75 Å². The summed E-state index contributed by atoms with van der Waals surface area (Å²) in [6.07, 6.45) is 1.02. The van der Waals surface area contributed by atoms with E-state index in [1.54, 1.807) is 0 Å². The van der Waals surface area contributed by atoms with Gasteiger partial charge in [0.25, 0.3) is 0 Å². The topological polar surface area (TPSA) is 36.9 Å². The maximum absolute atomic E-state index is 5.54. The first-order valence-corrected chi connectivity index (χ1v) is 4.32. The van der Waals surface area contributed by atoms with Gasteiger partial charge in [-0.15, -0.1) is 0 Å². The molecule has 1 rings (SSSR count). The molecule has 0 amide bonds. The lowest BCUT2D eigenvalue weighted by Gasteiger charge is -2.06. The van der Waals surface area contributed by atoms with Crippen LogP contribution in [0.2, 0.25) is 0 Å². The lowest BCUT2D eigenvalue weighted by molar-refractivity contribution is -0.368. The third kappa shape index (κ3) is 2.55. The van der Waals surface area contributed by atoms with E-state index in [0.29, 0.717) is 0 Å². The fourth-order valence-electron chi connectivity index (χ4n) is 1.00. The molecule has 0 aromatic heterocycles. The summed E-state index contributed by atoms with van der Waals surface area (Å²) in [6.45, 7) is 3.76. The molecule has 0 aliphatic carbocycles. The zero-order valence-electron chi connectivity index (χ0n) is 7.55. The van der Waals surface area contributed by atoms with Crippen LogP contribution in [0.5, 0.6) is 5.75 Å². The van der Waals surface area contributed by atoms with E-state index < -0.39 is 0 Å². The fourth-order valence-corrected chi connectivity index (χ4v) is 1.00. The summed E-state index contributed by atoms with van der Waals surface area (Å²) in [7, 11) is 0. The molecular weight excluding hydrogens is 150 g/mol. The second kappa shape index (κ2) is 4.78. The second-order valence-electron chi connectivity index (χ2n) is 2.82. The summed E-state index contributed by atoms with van der Waals surface area (Å²) in [5.74, 6) is 0.992. The summed E-state index contributed by atoms with van der Waals surface area (Å²) in [6, 6.07) is 8.06. The molecule has 0 aliphatic rings. The summed E-state index contributed by atoms with van der Waals surface area (Å²) in [5, 5.41) is 0. The molecule has 0 spiro atoms. The van der Waals surface area contributed by atoms with Gasteiger partial charge in [-0.25, -0.2) is 0 Å². The Morgan fingerprint density at radius 3 is 2.75 bits per heavy atom. The number of benzene rings is 1. The Morgan fingerprint density at radius 2 is 2.08 bits per heavy atom. The highest BCUT2D eigenvalue weighted by Crippen LogP contribution is 2.15. The average Bonchev–Trinajstić information content (AvgIpc) is 2.09. The summed E-state index contributed by atoms with van der Waals surface area (Å²) < 4.78 is 5.54. The maximum atomic E-state index is 5.54. The van der Waals surface area contributed by atoms with E-state index in [1.165, 1.54) is 5.56 Å². The second-order valence-corrected chi connectivity index (χ2v) is 2.82. The Hall–Kier alpha value is -1.02. The first-order valence-electron chi connectivity index (χ1n) is 4.32. The number of aryl methyl sites for hydroxylation is 1. The third-order valence-electron chi connectivity index (χ3n) is 1.75. The molecule has 0 unspecified atom stereocenters. The lowest BCUT2D eigenvalue weighted by atomic mass is 10.2. The van der Waals surface area contributed by atoms with Gasteiger partial charge < -0.3 is 10.5 Å². The first kappa shape index (κ1) is 9.07. The van der Waals surface area contributed by atoms with E-state index in [1.807, 2.05) is 18.2 Å². The molecule has 0 heterocycles. The van der Waals surface area contributed by atoms with Crippen LogP contribution in [0.4, 0.5) is 0 Å². The van der Waals surface area contributed by atoms with Gasteiger partial charge in [0.15, 0.2) is 0 Å². The number of para-hydroxylation sites is 1. The highest BCUT2D eigenvalue weighted by atomic mass is 16.5. The van der Waals surface area contributed by atoms with Crippen LogP contribution in [0.3, 0.4) is 0 Å². The van der Waals surface area contributed by atoms with Crippen molar-refractivity contribution < 1.29 is 10.5 Å². The van der Waals surface area contributed by atoms with E-state index in [-0.39, 0.29) is 0 Å². The highest BCUT2D eigenvalue weighted by Gasteiger charge is 1.95. The minimum Gasteiger partial charge on any atom is -0.493 e. The van der Waals surface area contributed by atoms with Crippen LogP contribution in [0.1, 0.15) is 12.0 Å². The SMILES string of the molecule is Cc1ccccc1OCCC[NH3+]. The Bertz CT molecular complexity index is 235. The summed E-state index contributed by atoms with van der Waals surface area (Å²) in [4.78, 5) is 0. The van der Waals surface area contributed by atoms with Crippen LogP contribution < -0.4 is 10.5 Å². The molecule has 0 saturated carbocycles. The average molecular weight is 166 g/mol. The van der Waals surface area contributed by atoms with Gasteiger partial charge in [0, 0.05) is 6.42 Å². The molecule has 1 aromatic rings. The molecule has 0 bridgehead atoms. The van der Waals surface area contributed by atoms with Crippen molar-refractivity contribution in [3.8, 4) is 5.75 Å². The first-order chi connectivity index (χ1) is 5.84. The normalized spacial score (nSPS) is 9.83. The van der Waals surface area contributed by atoms with Gasteiger partial charge in [0.05, 0.1) is 13.2 Å². The minimum atomic E-state index is 0.772. The molecule has 12 heavy (non-hydrogen) atoms. The maximum Gasteiger partial charge on any atom is 0.122 e. The van der Waals surface area contributed by atoms with Gasteiger partial charge in [-0.3, -0.25) is 0 Å². The van der Waals surface area contributed by atoms with Crippen molar-refractivity contribution in [3.05, 3.63) is 29.8 Å². The standard InChI is InChI=1S/C10H15NO/c1-9-5-2-3-6-10(9)12-8-4-7-11/h2-3,5-6H,4,7-8,11H2,1H3/p+1. The van der Waals surface area contributed by atoms with Crippen LogP contribution in [0, 0.1) is 6.92 Å². The number of hydrogen-bond donors (Lipinski definition) is 1. The van der Waals surface area contributed by atoms with Crippen LogP contribution >= 0.6 is 0 Å². The smallest absolute Gasteiger partial charge is 0.122 e. The molecular formula is C10H16NO+. The zero-order chi connectivity index (χ0) is 8.81. The largest absolute Gasteiger partial charge is 0.493 e. The number of ether oxygens (including phenoxy) is 1. The van der Waals surface area contributed by atoms with E-state index >= 15 is 0 Å². The van der Waals surface area contributed by atoms with Crippen molar-refractivity contribution in [3.63, 3.8) is 0 Å². The van der Waals surface area contributed by atoms with Gasteiger partial charge in [-0.05, 0) is 18.6 Å². The molecule has 1 aromatic carbocycles. The number of hydrogen-bond acceptors (Lipinski definition) is 1. The van der Waals surface area contributed by atoms with Crippen molar-refractivity contribution >= 4 is 0 Å². The predicted molar refractivity (Wildman–Crippen MR) is 49.0 cm³/mol. The summed E-state index contributed by atoms with van der Waals surface area (Å²) >= 11 is 0. The molecule has 0 aliphatic heterocycles. The molecule has 66 valence electrons. The van der Waals surface area contributed by atoms with Crippen LogP contribution in [0.15, 0.2) is 24.3 Å². The molecule has 0 atom stereocenters. The van der Waals surface area contributed by atoms with Gasteiger partial charge in [0.2, 0.25) is 0 Å². The van der Waals surface area contributed by atoms with Gasteiger partial charge >= 0.3 is 0 Å².